The number of carbonyl (C=O) groups excluding carboxylic acids is 3. The summed E-state index contributed by atoms with van der Waals surface area (Å²) < 4.78 is 15.6. The van der Waals surface area contributed by atoms with Crippen LogP contribution in [0.15, 0.2) is 0 Å². The zero-order chi connectivity index (χ0) is 19.6. The number of hydrogen-bond donors (Lipinski definition) is 0. The van der Waals surface area contributed by atoms with Crippen molar-refractivity contribution in [1.29, 1.82) is 0 Å². The van der Waals surface area contributed by atoms with Gasteiger partial charge in [-0.15, -0.1) is 0 Å². The highest BCUT2D eigenvalue weighted by Gasteiger charge is 2.21. The van der Waals surface area contributed by atoms with Crippen molar-refractivity contribution in [2.24, 2.45) is 0 Å². The molecular weight excluding hydrogens is 336 g/mol. The molecule has 0 radical (unpaired) electrons. The molecule has 1 atom stereocenters. The lowest BCUT2D eigenvalue weighted by Crippen LogP contribution is -2.28. The highest BCUT2D eigenvalue weighted by atomic mass is 16.6. The molecule has 26 heavy (non-hydrogen) atoms. The molecule has 0 aliphatic heterocycles. The molecule has 0 saturated carbocycles. The standard InChI is InChI=1S/C20H36O6/c1-4-7-10-11-14-24-20(23)15-17(26-19(22)13-9-6-3)16-25-18(21)12-8-5-2/h17H,4-16H2,1-3H3. The summed E-state index contributed by atoms with van der Waals surface area (Å²) in [5, 5.41) is 0. The number of hydrogen-bond acceptors (Lipinski definition) is 6. The van der Waals surface area contributed by atoms with E-state index in [-0.39, 0.29) is 25.0 Å². The summed E-state index contributed by atoms with van der Waals surface area (Å²) in [7, 11) is 0. The quantitative estimate of drug-likeness (QED) is 0.228. The molecule has 152 valence electrons. The van der Waals surface area contributed by atoms with E-state index in [2.05, 4.69) is 6.92 Å². The van der Waals surface area contributed by atoms with Gasteiger partial charge in [0.15, 0.2) is 0 Å². The SMILES string of the molecule is CCCCCCOC(=O)CC(COC(=O)CCCC)OC(=O)CCCC. The van der Waals surface area contributed by atoms with Gasteiger partial charge in [-0.1, -0.05) is 52.9 Å². The van der Waals surface area contributed by atoms with Gasteiger partial charge in [-0.25, -0.2) is 0 Å². The fraction of sp³-hybridized carbons (Fsp3) is 0.850. The third-order valence-corrected chi connectivity index (χ3v) is 3.85. The Kier molecular flexibility index (Phi) is 15.8. The van der Waals surface area contributed by atoms with Crippen molar-refractivity contribution in [3.63, 3.8) is 0 Å². The van der Waals surface area contributed by atoms with Crippen molar-refractivity contribution in [1.82, 2.24) is 0 Å². The van der Waals surface area contributed by atoms with Gasteiger partial charge in [0.2, 0.25) is 0 Å². The van der Waals surface area contributed by atoms with Crippen LogP contribution in [0.1, 0.15) is 91.4 Å². The normalized spacial score (nSPS) is 11.7. The molecule has 0 fully saturated rings. The molecule has 0 N–H and O–H groups in total. The van der Waals surface area contributed by atoms with Crippen LogP contribution < -0.4 is 0 Å². The Bertz CT molecular complexity index is 394. The summed E-state index contributed by atoms with van der Waals surface area (Å²) in [6.45, 7) is 6.35. The van der Waals surface area contributed by atoms with Gasteiger partial charge in [-0.3, -0.25) is 14.4 Å². The summed E-state index contributed by atoms with van der Waals surface area (Å²) in [4.78, 5) is 35.4. The second-order valence-electron chi connectivity index (χ2n) is 6.49. The van der Waals surface area contributed by atoms with Gasteiger partial charge < -0.3 is 14.2 Å². The summed E-state index contributed by atoms with van der Waals surface area (Å²) >= 11 is 0. The Morgan fingerprint density at radius 3 is 1.92 bits per heavy atom. The summed E-state index contributed by atoms with van der Waals surface area (Å²) in [6.07, 6.45) is 7.08. The lowest BCUT2D eigenvalue weighted by atomic mass is 10.2. The fourth-order valence-electron chi connectivity index (χ4n) is 2.24. The highest BCUT2D eigenvalue weighted by Crippen LogP contribution is 2.08. The summed E-state index contributed by atoms with van der Waals surface area (Å²) in [6, 6.07) is 0. The van der Waals surface area contributed by atoms with Crippen LogP contribution in [0.5, 0.6) is 0 Å². The lowest BCUT2D eigenvalue weighted by Gasteiger charge is -2.17. The maximum Gasteiger partial charge on any atom is 0.309 e. The van der Waals surface area contributed by atoms with Crippen LogP contribution in [-0.4, -0.2) is 37.2 Å². The van der Waals surface area contributed by atoms with Gasteiger partial charge in [0, 0.05) is 12.8 Å². The Morgan fingerprint density at radius 1 is 0.692 bits per heavy atom. The molecule has 0 bridgehead atoms. The van der Waals surface area contributed by atoms with Gasteiger partial charge in [0.25, 0.3) is 0 Å². The van der Waals surface area contributed by atoms with Gasteiger partial charge in [-0.05, 0) is 19.3 Å². The van der Waals surface area contributed by atoms with Crippen LogP contribution >= 0.6 is 0 Å². The summed E-state index contributed by atoms with van der Waals surface area (Å²) in [5.41, 5.74) is 0. The Labute approximate surface area is 157 Å². The largest absolute Gasteiger partial charge is 0.466 e. The molecule has 0 amide bonds. The van der Waals surface area contributed by atoms with Gasteiger partial charge in [0.1, 0.15) is 12.7 Å². The number of ether oxygens (including phenoxy) is 3. The van der Waals surface area contributed by atoms with Crippen molar-refractivity contribution >= 4 is 17.9 Å². The molecule has 0 aromatic heterocycles. The maximum absolute atomic E-state index is 11.9. The minimum Gasteiger partial charge on any atom is -0.466 e. The average molecular weight is 373 g/mol. The molecule has 0 aliphatic rings. The monoisotopic (exact) mass is 372 g/mol. The highest BCUT2D eigenvalue weighted by molar-refractivity contribution is 5.73. The van der Waals surface area contributed by atoms with E-state index >= 15 is 0 Å². The third kappa shape index (κ3) is 14.7. The first-order valence-electron chi connectivity index (χ1n) is 10.0. The Balaban J connectivity index is 4.34. The molecular formula is C20H36O6. The molecule has 0 aromatic rings. The van der Waals surface area contributed by atoms with E-state index in [0.717, 1.165) is 51.4 Å². The van der Waals surface area contributed by atoms with E-state index in [1.54, 1.807) is 0 Å². The predicted molar refractivity (Wildman–Crippen MR) is 99.6 cm³/mol. The van der Waals surface area contributed by atoms with Crippen molar-refractivity contribution in [2.45, 2.75) is 97.5 Å². The van der Waals surface area contributed by atoms with Crippen LogP contribution in [0.25, 0.3) is 0 Å². The van der Waals surface area contributed by atoms with Gasteiger partial charge in [-0.2, -0.15) is 0 Å². The molecule has 0 heterocycles. The van der Waals surface area contributed by atoms with Gasteiger partial charge in [0.05, 0.1) is 13.0 Å². The zero-order valence-corrected chi connectivity index (χ0v) is 16.7. The van der Waals surface area contributed by atoms with Crippen LogP contribution in [0, 0.1) is 0 Å². The molecule has 0 aliphatic carbocycles. The second kappa shape index (κ2) is 16.9. The van der Waals surface area contributed by atoms with Crippen molar-refractivity contribution in [3.05, 3.63) is 0 Å². The minimum atomic E-state index is -0.784. The molecule has 6 nitrogen and oxygen atoms in total. The second-order valence-corrected chi connectivity index (χ2v) is 6.49. The number of esters is 3. The Morgan fingerprint density at radius 2 is 1.31 bits per heavy atom. The number of unbranched alkanes of at least 4 members (excludes halogenated alkanes) is 5. The molecule has 0 saturated heterocycles. The van der Waals surface area contributed by atoms with E-state index in [1.807, 2.05) is 13.8 Å². The van der Waals surface area contributed by atoms with Crippen LogP contribution in [-0.2, 0) is 28.6 Å². The third-order valence-electron chi connectivity index (χ3n) is 3.85. The molecule has 0 spiro atoms. The van der Waals surface area contributed by atoms with E-state index < -0.39 is 12.1 Å². The topological polar surface area (TPSA) is 78.9 Å². The molecule has 6 heteroatoms. The van der Waals surface area contributed by atoms with Crippen molar-refractivity contribution in [2.75, 3.05) is 13.2 Å². The van der Waals surface area contributed by atoms with E-state index in [0.29, 0.717) is 19.4 Å². The van der Waals surface area contributed by atoms with E-state index in [9.17, 15) is 14.4 Å². The first kappa shape index (κ1) is 24.4. The minimum absolute atomic E-state index is 0.0906. The molecule has 0 aromatic carbocycles. The number of rotatable bonds is 16. The average Bonchev–Trinajstić information content (AvgIpc) is 2.62. The van der Waals surface area contributed by atoms with Crippen LogP contribution in [0.3, 0.4) is 0 Å². The first-order chi connectivity index (χ1) is 12.5. The summed E-state index contributed by atoms with van der Waals surface area (Å²) in [5.74, 6) is -1.15. The maximum atomic E-state index is 11.9. The van der Waals surface area contributed by atoms with E-state index in [1.165, 1.54) is 0 Å². The van der Waals surface area contributed by atoms with Crippen molar-refractivity contribution in [3.8, 4) is 0 Å². The molecule has 1 unspecified atom stereocenters. The van der Waals surface area contributed by atoms with Gasteiger partial charge >= 0.3 is 17.9 Å². The lowest BCUT2D eigenvalue weighted by molar-refractivity contribution is -0.164. The van der Waals surface area contributed by atoms with Crippen LogP contribution in [0.4, 0.5) is 0 Å². The van der Waals surface area contributed by atoms with Crippen molar-refractivity contribution < 1.29 is 28.6 Å². The smallest absolute Gasteiger partial charge is 0.309 e. The first-order valence-corrected chi connectivity index (χ1v) is 10.0. The number of carbonyl (C=O) groups is 3. The van der Waals surface area contributed by atoms with E-state index in [4.69, 9.17) is 14.2 Å². The molecule has 0 rings (SSSR count). The predicted octanol–water partition coefficient (Wildman–Crippen LogP) is 4.34. The Hall–Kier alpha value is -1.59. The van der Waals surface area contributed by atoms with Crippen LogP contribution in [0.2, 0.25) is 0 Å². The zero-order valence-electron chi connectivity index (χ0n) is 16.7. The fourth-order valence-corrected chi connectivity index (χ4v) is 2.24.